The number of imide groups is 1. The van der Waals surface area contributed by atoms with Crippen LogP contribution in [0.2, 0.25) is 0 Å². The number of nitrogens with zero attached hydrogens (tertiary/aromatic N) is 2. The zero-order chi connectivity index (χ0) is 20.5. The van der Waals surface area contributed by atoms with Gasteiger partial charge in [-0.1, -0.05) is 24.3 Å². The number of carbonyl (C=O) groups is 2. The van der Waals surface area contributed by atoms with Crippen molar-refractivity contribution in [1.82, 2.24) is 15.5 Å². The maximum absolute atomic E-state index is 13.4. The Morgan fingerprint density at radius 3 is 2.48 bits per heavy atom. The molecule has 2 N–H and O–H groups in total. The zero-order valence-electron chi connectivity index (χ0n) is 16.8. The smallest absolute Gasteiger partial charge is 0.233 e. The number of rotatable bonds is 6. The summed E-state index contributed by atoms with van der Waals surface area (Å²) in [5, 5.41) is 6.35. The number of carbonyl (C=O) groups excluding carboxylic acids is 2. The van der Waals surface area contributed by atoms with Gasteiger partial charge in [-0.3, -0.25) is 14.5 Å². The second kappa shape index (κ2) is 7.97. The highest BCUT2D eigenvalue weighted by molar-refractivity contribution is 6.06. The molecule has 2 bridgehead atoms. The first-order valence-corrected chi connectivity index (χ1v) is 10.3. The number of nitrogens with one attached hydrogen (secondary N) is 2. The lowest BCUT2D eigenvalue weighted by Crippen LogP contribution is -2.43. The summed E-state index contributed by atoms with van der Waals surface area (Å²) in [5.41, 5.74) is 1.51. The van der Waals surface area contributed by atoms with Crippen LogP contribution < -0.4 is 10.6 Å². The molecular weight excluding hydrogens is 371 g/mol. The van der Waals surface area contributed by atoms with Crippen LogP contribution in [-0.4, -0.2) is 42.3 Å². The summed E-state index contributed by atoms with van der Waals surface area (Å²) >= 11 is 0. The molecular formula is C22H27FN4O2. The third-order valence-corrected chi connectivity index (χ3v) is 6.18. The Kier molecular flexibility index (Phi) is 5.39. The van der Waals surface area contributed by atoms with E-state index in [1.54, 1.807) is 19.1 Å². The Morgan fingerprint density at radius 2 is 1.86 bits per heavy atom. The van der Waals surface area contributed by atoms with Gasteiger partial charge in [-0.2, -0.15) is 0 Å². The maximum atomic E-state index is 13.4. The van der Waals surface area contributed by atoms with Crippen molar-refractivity contribution in [2.24, 2.45) is 28.7 Å². The van der Waals surface area contributed by atoms with Gasteiger partial charge in [-0.15, -0.1) is 0 Å². The number of benzene rings is 1. The molecule has 1 saturated carbocycles. The van der Waals surface area contributed by atoms with Gasteiger partial charge in [0, 0.05) is 19.6 Å². The zero-order valence-corrected chi connectivity index (χ0v) is 16.8. The lowest BCUT2D eigenvalue weighted by atomic mass is 9.85. The molecule has 154 valence electrons. The fourth-order valence-corrected chi connectivity index (χ4v) is 4.79. The quantitative estimate of drug-likeness (QED) is 0.333. The normalized spacial score (nSPS) is 27.7. The predicted molar refractivity (Wildman–Crippen MR) is 108 cm³/mol. The highest BCUT2D eigenvalue weighted by atomic mass is 19.1. The van der Waals surface area contributed by atoms with Crippen molar-refractivity contribution in [2.45, 2.75) is 26.8 Å². The number of guanidine groups is 1. The highest BCUT2D eigenvalue weighted by Crippen LogP contribution is 2.52. The van der Waals surface area contributed by atoms with Crippen LogP contribution >= 0.6 is 0 Å². The summed E-state index contributed by atoms with van der Waals surface area (Å²) in [5.74, 6) is 0.494. The number of halogens is 1. The monoisotopic (exact) mass is 398 g/mol. The number of fused-ring (bicyclic) bond motifs is 5. The fraction of sp³-hybridized carbons (Fsp3) is 0.500. The van der Waals surface area contributed by atoms with Crippen LogP contribution in [0.15, 0.2) is 35.3 Å². The van der Waals surface area contributed by atoms with Crippen LogP contribution in [0.4, 0.5) is 4.39 Å². The molecule has 4 rings (SSSR count). The third-order valence-electron chi connectivity index (χ3n) is 6.18. The molecule has 6 nitrogen and oxygen atoms in total. The van der Waals surface area contributed by atoms with Crippen LogP contribution in [0.5, 0.6) is 0 Å². The molecule has 1 heterocycles. The maximum Gasteiger partial charge on any atom is 0.233 e. The second-order valence-electron chi connectivity index (χ2n) is 8.03. The number of hydrogen-bond acceptors (Lipinski definition) is 3. The van der Waals surface area contributed by atoms with E-state index >= 15 is 0 Å². The van der Waals surface area contributed by atoms with E-state index < -0.39 is 0 Å². The molecule has 29 heavy (non-hydrogen) atoms. The number of aryl methyl sites for hydroxylation is 1. The molecule has 0 aromatic heterocycles. The molecule has 1 aliphatic heterocycles. The van der Waals surface area contributed by atoms with E-state index in [2.05, 4.69) is 27.8 Å². The molecule has 7 heteroatoms. The van der Waals surface area contributed by atoms with E-state index in [-0.39, 0.29) is 41.3 Å². The lowest BCUT2D eigenvalue weighted by Gasteiger charge is -2.18. The van der Waals surface area contributed by atoms with Gasteiger partial charge in [0.05, 0.1) is 18.4 Å². The first kappa shape index (κ1) is 19.6. The average Bonchev–Trinajstić information content (AvgIpc) is 3.38. The molecule has 1 saturated heterocycles. The Bertz CT molecular complexity index is 852. The molecule has 1 aromatic carbocycles. The molecule has 2 fully saturated rings. The van der Waals surface area contributed by atoms with Crippen molar-refractivity contribution in [3.05, 3.63) is 47.3 Å². The first-order valence-electron chi connectivity index (χ1n) is 10.3. The average molecular weight is 398 g/mol. The fourth-order valence-electron chi connectivity index (χ4n) is 4.79. The Morgan fingerprint density at radius 1 is 1.17 bits per heavy atom. The SMILES string of the molecule is CCNC(=NCc1ccc(F)c(C)c1)NCCN1C(=O)C2C3C=CC(C3)C2C1=O. The van der Waals surface area contributed by atoms with Crippen LogP contribution in [-0.2, 0) is 16.1 Å². The minimum absolute atomic E-state index is 0.0256. The summed E-state index contributed by atoms with van der Waals surface area (Å²) in [6, 6.07) is 4.95. The van der Waals surface area contributed by atoms with Gasteiger partial charge in [0.15, 0.2) is 5.96 Å². The van der Waals surface area contributed by atoms with Gasteiger partial charge in [0.1, 0.15) is 5.82 Å². The van der Waals surface area contributed by atoms with Crippen LogP contribution in [0.3, 0.4) is 0 Å². The van der Waals surface area contributed by atoms with Crippen molar-refractivity contribution >= 4 is 17.8 Å². The highest BCUT2D eigenvalue weighted by Gasteiger charge is 2.58. The van der Waals surface area contributed by atoms with Crippen molar-refractivity contribution in [3.8, 4) is 0 Å². The summed E-state index contributed by atoms with van der Waals surface area (Å²) in [4.78, 5) is 31.4. The molecule has 4 unspecified atom stereocenters. The van der Waals surface area contributed by atoms with E-state index in [9.17, 15) is 14.0 Å². The number of amides is 2. The summed E-state index contributed by atoms with van der Waals surface area (Å²) in [6.45, 7) is 5.58. The molecule has 3 aliphatic rings. The van der Waals surface area contributed by atoms with Gasteiger partial charge in [0.2, 0.25) is 11.8 Å². The van der Waals surface area contributed by atoms with Gasteiger partial charge in [-0.25, -0.2) is 9.38 Å². The number of allylic oxidation sites excluding steroid dienone is 2. The van der Waals surface area contributed by atoms with Crippen LogP contribution in [0.1, 0.15) is 24.5 Å². The largest absolute Gasteiger partial charge is 0.357 e. The van der Waals surface area contributed by atoms with Crippen LogP contribution in [0.25, 0.3) is 0 Å². The van der Waals surface area contributed by atoms with Crippen molar-refractivity contribution in [2.75, 3.05) is 19.6 Å². The lowest BCUT2D eigenvalue weighted by molar-refractivity contribution is -0.140. The van der Waals surface area contributed by atoms with Gasteiger partial charge >= 0.3 is 0 Å². The van der Waals surface area contributed by atoms with Gasteiger partial charge in [0.25, 0.3) is 0 Å². The molecule has 2 amide bonds. The third kappa shape index (κ3) is 3.66. The molecule has 0 radical (unpaired) electrons. The molecule has 1 aromatic rings. The minimum atomic E-state index is -0.226. The minimum Gasteiger partial charge on any atom is -0.357 e. The van der Waals surface area contributed by atoms with E-state index in [4.69, 9.17) is 0 Å². The van der Waals surface area contributed by atoms with E-state index in [1.807, 2.05) is 6.92 Å². The van der Waals surface area contributed by atoms with E-state index in [0.29, 0.717) is 37.7 Å². The van der Waals surface area contributed by atoms with Crippen LogP contribution in [0, 0.1) is 36.4 Å². The number of hydrogen-bond donors (Lipinski definition) is 2. The Balaban J connectivity index is 1.33. The van der Waals surface area contributed by atoms with Gasteiger partial charge in [-0.05, 0) is 49.3 Å². The van der Waals surface area contributed by atoms with Crippen molar-refractivity contribution in [3.63, 3.8) is 0 Å². The molecule has 2 aliphatic carbocycles. The second-order valence-corrected chi connectivity index (χ2v) is 8.03. The number of likely N-dealkylation sites (tertiary alicyclic amines) is 1. The Hall–Kier alpha value is -2.70. The van der Waals surface area contributed by atoms with Crippen molar-refractivity contribution in [1.29, 1.82) is 0 Å². The van der Waals surface area contributed by atoms with E-state index in [1.165, 1.54) is 11.0 Å². The summed E-state index contributed by atoms with van der Waals surface area (Å²) in [7, 11) is 0. The Labute approximate surface area is 170 Å². The summed E-state index contributed by atoms with van der Waals surface area (Å²) < 4.78 is 13.4. The molecule has 4 atom stereocenters. The topological polar surface area (TPSA) is 73.8 Å². The molecule has 0 spiro atoms. The van der Waals surface area contributed by atoms with Gasteiger partial charge < -0.3 is 10.6 Å². The first-order chi connectivity index (χ1) is 14.0. The van der Waals surface area contributed by atoms with Crippen molar-refractivity contribution < 1.29 is 14.0 Å². The predicted octanol–water partition coefficient (Wildman–Crippen LogP) is 2.00. The summed E-state index contributed by atoms with van der Waals surface area (Å²) in [6.07, 6.45) is 5.15. The van der Waals surface area contributed by atoms with E-state index in [0.717, 1.165) is 12.0 Å². The number of aliphatic imine (C=N–C) groups is 1. The standard InChI is InChI=1S/C22H27FN4O2/c1-3-24-22(26-12-14-4-7-17(23)13(2)10-14)25-8-9-27-20(28)18-15-5-6-16(11-15)19(18)21(27)29/h4-7,10,15-16,18-19H,3,8-9,11-12H2,1-2H3,(H2,24,25,26).